The molecule has 3 fully saturated rings. The summed E-state index contributed by atoms with van der Waals surface area (Å²) in [6, 6.07) is 0. The molecule has 3 rings (SSSR count). The zero-order valence-electron chi connectivity index (χ0n) is 18.9. The Balaban J connectivity index is 1.25. The monoisotopic (exact) mass is 408 g/mol. The lowest BCUT2D eigenvalue weighted by atomic mass is 9.79. The van der Waals surface area contributed by atoms with Crippen LogP contribution >= 0.6 is 0 Å². The van der Waals surface area contributed by atoms with Crippen molar-refractivity contribution in [2.75, 3.05) is 26.4 Å². The van der Waals surface area contributed by atoms with Gasteiger partial charge in [-0.1, -0.05) is 51.7 Å². The van der Waals surface area contributed by atoms with Crippen molar-refractivity contribution < 1.29 is 18.9 Å². The van der Waals surface area contributed by atoms with Crippen LogP contribution in [0.2, 0.25) is 0 Å². The summed E-state index contributed by atoms with van der Waals surface area (Å²) in [5.41, 5.74) is 0. The molecule has 0 aromatic rings. The van der Waals surface area contributed by atoms with E-state index in [1.807, 2.05) is 0 Å². The second-order valence-corrected chi connectivity index (χ2v) is 9.47. The van der Waals surface area contributed by atoms with Crippen LogP contribution in [-0.4, -0.2) is 39.0 Å². The van der Waals surface area contributed by atoms with Gasteiger partial charge in [-0.15, -0.1) is 0 Å². The second-order valence-electron chi connectivity index (χ2n) is 9.47. The summed E-state index contributed by atoms with van der Waals surface area (Å²) in [6.07, 6.45) is 18.2. The van der Waals surface area contributed by atoms with Gasteiger partial charge in [0.05, 0.1) is 26.4 Å². The Kier molecular flexibility index (Phi) is 10.5. The van der Waals surface area contributed by atoms with Crippen LogP contribution < -0.4 is 0 Å². The number of hydrogen-bond donors (Lipinski definition) is 0. The number of ether oxygens (including phenoxy) is 4. The van der Waals surface area contributed by atoms with E-state index in [-0.39, 0.29) is 12.6 Å². The number of hydrogen-bond acceptors (Lipinski definition) is 4. The van der Waals surface area contributed by atoms with Gasteiger partial charge in [-0.05, 0) is 50.9 Å². The zero-order valence-corrected chi connectivity index (χ0v) is 18.9. The van der Waals surface area contributed by atoms with Gasteiger partial charge in [-0.3, -0.25) is 0 Å². The van der Waals surface area contributed by atoms with E-state index >= 15 is 0 Å². The average Bonchev–Trinajstić information content (AvgIpc) is 2.78. The molecule has 2 aliphatic heterocycles. The fourth-order valence-corrected chi connectivity index (χ4v) is 4.90. The van der Waals surface area contributed by atoms with Crippen LogP contribution in [0.1, 0.15) is 84.5 Å². The van der Waals surface area contributed by atoms with E-state index in [1.54, 1.807) is 0 Å². The minimum atomic E-state index is -0.0538. The summed E-state index contributed by atoms with van der Waals surface area (Å²) in [7, 11) is 0. The molecule has 168 valence electrons. The summed E-state index contributed by atoms with van der Waals surface area (Å²) in [6.45, 7) is 7.72. The van der Waals surface area contributed by atoms with Crippen molar-refractivity contribution in [2.24, 2.45) is 23.7 Å². The first-order chi connectivity index (χ1) is 14.3. The summed E-state index contributed by atoms with van der Waals surface area (Å²) < 4.78 is 24.1. The molecule has 0 atom stereocenters. The molecule has 0 bridgehead atoms. The van der Waals surface area contributed by atoms with E-state index < -0.39 is 0 Å². The van der Waals surface area contributed by atoms with Crippen LogP contribution in [0, 0.1) is 23.7 Å². The Morgan fingerprint density at radius 3 is 2.10 bits per heavy atom. The van der Waals surface area contributed by atoms with Crippen LogP contribution in [0.3, 0.4) is 0 Å². The molecule has 4 nitrogen and oxygen atoms in total. The Bertz CT molecular complexity index is 442. The maximum atomic E-state index is 6.15. The lowest BCUT2D eigenvalue weighted by Gasteiger charge is -2.38. The van der Waals surface area contributed by atoms with Crippen molar-refractivity contribution in [1.29, 1.82) is 0 Å². The minimum Gasteiger partial charge on any atom is -0.352 e. The predicted molar refractivity (Wildman–Crippen MR) is 117 cm³/mol. The zero-order chi connectivity index (χ0) is 20.3. The first kappa shape index (κ1) is 23.2. The Morgan fingerprint density at radius 2 is 1.45 bits per heavy atom. The summed E-state index contributed by atoms with van der Waals surface area (Å²) in [5, 5.41) is 0. The Labute approximate surface area is 178 Å². The third kappa shape index (κ3) is 7.97. The third-order valence-electron chi connectivity index (χ3n) is 6.90. The van der Waals surface area contributed by atoms with Gasteiger partial charge in [0.2, 0.25) is 0 Å². The van der Waals surface area contributed by atoms with Gasteiger partial charge in [0.1, 0.15) is 0 Å². The molecule has 1 aliphatic carbocycles. The van der Waals surface area contributed by atoms with Crippen molar-refractivity contribution in [2.45, 2.75) is 97.1 Å². The first-order valence-electron chi connectivity index (χ1n) is 12.4. The fourth-order valence-electron chi connectivity index (χ4n) is 4.90. The van der Waals surface area contributed by atoms with Crippen molar-refractivity contribution in [1.82, 2.24) is 0 Å². The molecule has 0 aromatic carbocycles. The van der Waals surface area contributed by atoms with Crippen LogP contribution in [0.5, 0.6) is 0 Å². The van der Waals surface area contributed by atoms with Gasteiger partial charge < -0.3 is 18.9 Å². The maximum Gasteiger partial charge on any atom is 0.160 e. The standard InChI is InChI=1S/C25H44O4/c1-3-5-7-9-21-16-26-24(27-17-21)15-12-22-18-28-25(29-19-22)23-13-10-20(11-14-23)8-6-4-2/h7,9,20-25H,3-6,8,10-19H2,1-2H3/b9-7+/t20-,21-,22?,23-,24-,25?. The van der Waals surface area contributed by atoms with Crippen LogP contribution in [-0.2, 0) is 18.9 Å². The molecular formula is C25H44O4. The molecule has 29 heavy (non-hydrogen) atoms. The van der Waals surface area contributed by atoms with E-state index in [4.69, 9.17) is 18.9 Å². The van der Waals surface area contributed by atoms with Gasteiger partial charge in [0.25, 0.3) is 0 Å². The molecule has 2 saturated heterocycles. The molecule has 0 aromatic heterocycles. The smallest absolute Gasteiger partial charge is 0.160 e. The van der Waals surface area contributed by atoms with Gasteiger partial charge in [-0.2, -0.15) is 0 Å². The molecule has 2 heterocycles. The van der Waals surface area contributed by atoms with E-state index in [9.17, 15) is 0 Å². The van der Waals surface area contributed by atoms with Crippen molar-refractivity contribution in [3.63, 3.8) is 0 Å². The number of unbranched alkanes of at least 4 members (excludes halogenated alkanes) is 2. The summed E-state index contributed by atoms with van der Waals surface area (Å²) in [5.74, 6) is 2.44. The van der Waals surface area contributed by atoms with E-state index in [0.717, 1.165) is 51.6 Å². The molecule has 0 amide bonds. The van der Waals surface area contributed by atoms with Crippen molar-refractivity contribution >= 4 is 0 Å². The molecule has 0 spiro atoms. The van der Waals surface area contributed by atoms with Crippen molar-refractivity contribution in [3.8, 4) is 0 Å². The van der Waals surface area contributed by atoms with E-state index in [0.29, 0.717) is 17.8 Å². The second kappa shape index (κ2) is 13.1. The largest absolute Gasteiger partial charge is 0.352 e. The highest BCUT2D eigenvalue weighted by atomic mass is 16.7. The lowest BCUT2D eigenvalue weighted by molar-refractivity contribution is -0.235. The molecular weight excluding hydrogens is 364 g/mol. The van der Waals surface area contributed by atoms with Gasteiger partial charge in [0.15, 0.2) is 12.6 Å². The van der Waals surface area contributed by atoms with Crippen molar-refractivity contribution in [3.05, 3.63) is 12.2 Å². The van der Waals surface area contributed by atoms with Crippen LogP contribution in [0.15, 0.2) is 12.2 Å². The minimum absolute atomic E-state index is 0.0382. The van der Waals surface area contributed by atoms with Gasteiger partial charge >= 0.3 is 0 Å². The van der Waals surface area contributed by atoms with E-state index in [2.05, 4.69) is 26.0 Å². The molecule has 3 aliphatic rings. The number of rotatable bonds is 10. The molecule has 0 unspecified atom stereocenters. The predicted octanol–water partition coefficient (Wildman–Crippen LogP) is 6.10. The average molecular weight is 409 g/mol. The van der Waals surface area contributed by atoms with Gasteiger partial charge in [0, 0.05) is 17.8 Å². The van der Waals surface area contributed by atoms with Gasteiger partial charge in [-0.25, -0.2) is 0 Å². The highest BCUT2D eigenvalue weighted by Crippen LogP contribution is 2.36. The summed E-state index contributed by atoms with van der Waals surface area (Å²) >= 11 is 0. The Morgan fingerprint density at radius 1 is 0.724 bits per heavy atom. The highest BCUT2D eigenvalue weighted by Gasteiger charge is 2.32. The van der Waals surface area contributed by atoms with Crippen LogP contribution in [0.4, 0.5) is 0 Å². The fraction of sp³-hybridized carbons (Fsp3) is 0.920. The number of allylic oxidation sites excluding steroid dienone is 1. The quantitative estimate of drug-likeness (QED) is 0.409. The molecule has 0 N–H and O–H groups in total. The van der Waals surface area contributed by atoms with E-state index in [1.165, 1.54) is 51.4 Å². The third-order valence-corrected chi connectivity index (χ3v) is 6.90. The molecule has 0 radical (unpaired) electrons. The molecule has 4 heteroatoms. The first-order valence-corrected chi connectivity index (χ1v) is 12.4. The normalized spacial score (nSPS) is 36.5. The molecule has 1 saturated carbocycles. The van der Waals surface area contributed by atoms with Crippen LogP contribution in [0.25, 0.3) is 0 Å². The SMILES string of the molecule is CCC/C=C/[C@H]1CO[C@H](CCC2COC([C@H]3CC[C@H](CCCC)CC3)OC2)OC1. The lowest BCUT2D eigenvalue weighted by Crippen LogP contribution is -2.39. The topological polar surface area (TPSA) is 36.9 Å². The summed E-state index contributed by atoms with van der Waals surface area (Å²) in [4.78, 5) is 0. The Hall–Kier alpha value is -0.420. The highest BCUT2D eigenvalue weighted by molar-refractivity contribution is 4.89. The maximum absolute atomic E-state index is 6.15.